The Balaban J connectivity index is 1.33. The van der Waals surface area contributed by atoms with E-state index in [4.69, 9.17) is 28.6 Å². The number of aromatic nitrogens is 3. The largest absolute Gasteiger partial charge is 0.497 e. The number of methoxy groups -OCH3 is 2. The molecule has 0 radical (unpaired) electrons. The lowest BCUT2D eigenvalue weighted by atomic mass is 10.1. The molecule has 0 amide bonds. The highest BCUT2D eigenvalue weighted by atomic mass is 32.2. The predicted octanol–water partition coefficient (Wildman–Crippen LogP) is 6.51. The number of piperidine rings is 1. The fourth-order valence-electron chi connectivity index (χ4n) is 5.04. The van der Waals surface area contributed by atoms with Crippen molar-refractivity contribution in [3.05, 3.63) is 54.2 Å². The molecule has 228 valence electrons. The molecule has 43 heavy (non-hydrogen) atoms. The van der Waals surface area contributed by atoms with Gasteiger partial charge in [0, 0.05) is 55.4 Å². The van der Waals surface area contributed by atoms with Crippen LogP contribution in [-0.4, -0.2) is 78.4 Å². The summed E-state index contributed by atoms with van der Waals surface area (Å²) in [6, 6.07) is 13.9. The average molecular weight is 605 g/mol. The zero-order valence-electron chi connectivity index (χ0n) is 25.5. The first-order chi connectivity index (χ1) is 21.0. The molecule has 1 aliphatic heterocycles. The highest BCUT2D eigenvalue weighted by molar-refractivity contribution is 7.98. The summed E-state index contributed by atoms with van der Waals surface area (Å²) < 4.78 is 23.5. The molecule has 3 heterocycles. The molecule has 2 aromatic heterocycles. The fourth-order valence-corrected chi connectivity index (χ4v) is 5.49. The summed E-state index contributed by atoms with van der Waals surface area (Å²) in [6.45, 7) is 8.04. The zero-order chi connectivity index (χ0) is 30.2. The molecule has 1 aliphatic rings. The Morgan fingerprint density at radius 3 is 2.47 bits per heavy atom. The molecule has 0 spiro atoms. The summed E-state index contributed by atoms with van der Waals surface area (Å²) in [4.78, 5) is 16.5. The number of anilines is 3. The first-order valence-corrected chi connectivity index (χ1v) is 16.0. The van der Waals surface area contributed by atoms with Crippen molar-refractivity contribution in [2.24, 2.45) is 0 Å². The molecule has 2 N–H and O–H groups in total. The Bertz CT molecular complexity index is 1480. The van der Waals surface area contributed by atoms with Gasteiger partial charge in [0.2, 0.25) is 5.95 Å². The number of thioether (sulfide) groups is 1. The minimum atomic E-state index is 0.246. The van der Waals surface area contributed by atoms with Crippen LogP contribution in [0.2, 0.25) is 0 Å². The molecule has 2 aromatic carbocycles. The van der Waals surface area contributed by atoms with E-state index in [-0.39, 0.29) is 6.10 Å². The summed E-state index contributed by atoms with van der Waals surface area (Å²) >= 11 is 1.90. The maximum atomic E-state index is 6.40. The number of hydrogen-bond donors (Lipinski definition) is 2. The van der Waals surface area contributed by atoms with E-state index in [1.165, 1.54) is 5.75 Å². The van der Waals surface area contributed by atoms with Crippen molar-refractivity contribution in [1.29, 1.82) is 0 Å². The van der Waals surface area contributed by atoms with E-state index < -0.39 is 0 Å². The molecule has 0 unspecified atom stereocenters. The number of nitrogens with one attached hydrogen (secondary N) is 2. The smallest absolute Gasteiger partial charge is 0.295 e. The lowest BCUT2D eigenvalue weighted by molar-refractivity contribution is 0.104. The SMILES string of the molecule is CCNc1nc(-c2cc(OC)cc(OC)c2)c(-c2ccnc(Nc3ccc(OC4CCN(CCSC)CC4)c(C)c3)n2)o1. The van der Waals surface area contributed by atoms with Crippen molar-refractivity contribution in [3.63, 3.8) is 0 Å². The maximum absolute atomic E-state index is 6.40. The molecule has 0 saturated carbocycles. The lowest BCUT2D eigenvalue weighted by Gasteiger charge is -2.32. The monoisotopic (exact) mass is 604 g/mol. The number of rotatable bonds is 13. The van der Waals surface area contributed by atoms with Gasteiger partial charge in [-0.2, -0.15) is 16.7 Å². The molecule has 0 bridgehead atoms. The topological polar surface area (TPSA) is 107 Å². The van der Waals surface area contributed by atoms with E-state index in [1.54, 1.807) is 26.5 Å². The van der Waals surface area contributed by atoms with Gasteiger partial charge in [-0.25, -0.2) is 9.97 Å². The van der Waals surface area contributed by atoms with Crippen LogP contribution in [0.15, 0.2) is 53.1 Å². The van der Waals surface area contributed by atoms with E-state index in [9.17, 15) is 0 Å². The summed E-state index contributed by atoms with van der Waals surface area (Å²) in [5.74, 6) is 4.35. The van der Waals surface area contributed by atoms with Gasteiger partial charge in [-0.15, -0.1) is 0 Å². The van der Waals surface area contributed by atoms with Crippen LogP contribution in [0.25, 0.3) is 22.7 Å². The van der Waals surface area contributed by atoms with Gasteiger partial charge < -0.3 is 34.2 Å². The van der Waals surface area contributed by atoms with Gasteiger partial charge in [0.05, 0.1) is 14.2 Å². The second kappa shape index (κ2) is 14.5. The number of benzene rings is 2. The molecule has 4 aromatic rings. The number of hydrogen-bond acceptors (Lipinski definition) is 11. The van der Waals surface area contributed by atoms with Gasteiger partial charge in [0.1, 0.15) is 34.7 Å². The van der Waals surface area contributed by atoms with Gasteiger partial charge in [-0.1, -0.05) is 0 Å². The molecule has 10 nitrogen and oxygen atoms in total. The summed E-state index contributed by atoms with van der Waals surface area (Å²) in [6.07, 6.45) is 6.21. The van der Waals surface area contributed by atoms with Gasteiger partial charge in [-0.3, -0.25) is 0 Å². The normalized spacial score (nSPS) is 14.0. The quantitative estimate of drug-likeness (QED) is 0.174. The highest BCUT2D eigenvalue weighted by Gasteiger charge is 2.22. The second-order valence-electron chi connectivity index (χ2n) is 10.4. The summed E-state index contributed by atoms with van der Waals surface area (Å²) in [7, 11) is 3.23. The van der Waals surface area contributed by atoms with Crippen molar-refractivity contribution < 1.29 is 18.6 Å². The van der Waals surface area contributed by atoms with Crippen molar-refractivity contribution in [2.75, 3.05) is 63.0 Å². The van der Waals surface area contributed by atoms with Gasteiger partial charge in [-0.05, 0) is 74.9 Å². The third kappa shape index (κ3) is 7.71. The Morgan fingerprint density at radius 1 is 1.02 bits per heavy atom. The first-order valence-electron chi connectivity index (χ1n) is 14.6. The molecule has 1 saturated heterocycles. The third-order valence-electron chi connectivity index (χ3n) is 7.34. The molecule has 1 fully saturated rings. The maximum Gasteiger partial charge on any atom is 0.295 e. The Kier molecular flexibility index (Phi) is 10.3. The predicted molar refractivity (Wildman–Crippen MR) is 173 cm³/mol. The standard InChI is InChI=1S/C32H40N6O4S/c1-6-33-32-37-29(22-18-25(39-3)20-26(19-22)40-4)30(42-32)27-9-12-34-31(36-27)35-23-7-8-28(21(2)17-23)41-24-10-13-38(14-11-24)15-16-43-5/h7-9,12,17-20,24H,6,10-11,13-16H2,1-5H3,(H,33,37)(H,34,35,36). The fraction of sp³-hybridized carbons (Fsp3) is 0.406. The van der Waals surface area contributed by atoms with Crippen molar-refractivity contribution >= 4 is 29.4 Å². The van der Waals surface area contributed by atoms with Gasteiger partial charge in [0.25, 0.3) is 6.01 Å². The van der Waals surface area contributed by atoms with Crippen LogP contribution in [0.3, 0.4) is 0 Å². The van der Waals surface area contributed by atoms with Crippen LogP contribution >= 0.6 is 11.8 Å². The van der Waals surface area contributed by atoms with Gasteiger partial charge >= 0.3 is 0 Å². The molecule has 0 atom stereocenters. The molecule has 11 heteroatoms. The number of nitrogens with zero attached hydrogens (tertiary/aromatic N) is 4. The van der Waals surface area contributed by atoms with E-state index in [1.807, 2.05) is 49.0 Å². The second-order valence-corrected chi connectivity index (χ2v) is 11.3. The van der Waals surface area contributed by atoms with E-state index in [0.29, 0.717) is 47.2 Å². The van der Waals surface area contributed by atoms with Crippen molar-refractivity contribution in [3.8, 4) is 40.0 Å². The Hall–Kier alpha value is -3.96. The van der Waals surface area contributed by atoms with Crippen LogP contribution in [0.5, 0.6) is 17.2 Å². The van der Waals surface area contributed by atoms with Crippen molar-refractivity contribution in [1.82, 2.24) is 19.9 Å². The van der Waals surface area contributed by atoms with Crippen LogP contribution in [0.4, 0.5) is 17.7 Å². The third-order valence-corrected chi connectivity index (χ3v) is 7.93. The molecular weight excluding hydrogens is 564 g/mol. The van der Waals surface area contributed by atoms with Crippen LogP contribution in [0.1, 0.15) is 25.3 Å². The van der Waals surface area contributed by atoms with Gasteiger partial charge in [0.15, 0.2) is 5.76 Å². The number of oxazole rings is 1. The van der Waals surface area contributed by atoms with Crippen LogP contribution in [0, 0.1) is 6.92 Å². The van der Waals surface area contributed by atoms with Crippen LogP contribution < -0.4 is 24.8 Å². The Labute approximate surface area is 257 Å². The van der Waals surface area contributed by atoms with E-state index in [2.05, 4.69) is 39.8 Å². The molecular formula is C32H40N6O4S. The molecule has 5 rings (SSSR count). The molecule has 0 aliphatic carbocycles. The summed E-state index contributed by atoms with van der Waals surface area (Å²) in [5, 5.41) is 6.49. The average Bonchev–Trinajstić information content (AvgIpc) is 3.46. The van der Waals surface area contributed by atoms with E-state index in [0.717, 1.165) is 55.0 Å². The number of aryl methyl sites for hydroxylation is 1. The van der Waals surface area contributed by atoms with Crippen molar-refractivity contribution in [2.45, 2.75) is 32.8 Å². The zero-order valence-corrected chi connectivity index (χ0v) is 26.3. The first kappa shape index (κ1) is 30.5. The number of ether oxygens (including phenoxy) is 3. The number of likely N-dealkylation sites (tertiary alicyclic amines) is 1. The lowest BCUT2D eigenvalue weighted by Crippen LogP contribution is -2.39. The minimum Gasteiger partial charge on any atom is -0.497 e. The van der Waals surface area contributed by atoms with Crippen LogP contribution in [-0.2, 0) is 0 Å². The summed E-state index contributed by atoms with van der Waals surface area (Å²) in [5.41, 5.74) is 3.92. The Morgan fingerprint density at radius 2 is 1.79 bits per heavy atom. The van der Waals surface area contributed by atoms with E-state index >= 15 is 0 Å². The highest BCUT2D eigenvalue weighted by Crippen LogP contribution is 2.37. The minimum absolute atomic E-state index is 0.246.